The maximum atomic E-state index is 15.2. The van der Waals surface area contributed by atoms with E-state index < -0.39 is 11.6 Å². The van der Waals surface area contributed by atoms with Crippen LogP contribution in [0.4, 0.5) is 13.2 Å². The van der Waals surface area contributed by atoms with E-state index >= 15 is 4.39 Å². The molecule has 0 nitrogen and oxygen atoms in total. The first-order valence-corrected chi connectivity index (χ1v) is 12.7. The molecule has 1 atom stereocenters. The van der Waals surface area contributed by atoms with Crippen molar-refractivity contribution in [1.82, 2.24) is 0 Å². The second-order valence-electron chi connectivity index (χ2n) is 10.0. The summed E-state index contributed by atoms with van der Waals surface area (Å²) in [5.74, 6) is 0.260. The maximum Gasteiger partial charge on any atom is 0.166 e. The number of halogens is 3. The molecule has 0 heterocycles. The Morgan fingerprint density at radius 3 is 2.06 bits per heavy atom. The molecule has 0 bridgehead atoms. The lowest BCUT2D eigenvalue weighted by atomic mass is 9.71. The van der Waals surface area contributed by atoms with Gasteiger partial charge in [0, 0.05) is 11.1 Å². The summed E-state index contributed by atoms with van der Waals surface area (Å²) in [6.45, 7) is 3.95. The fourth-order valence-corrected chi connectivity index (χ4v) is 5.90. The summed E-state index contributed by atoms with van der Waals surface area (Å²) in [6, 6.07) is 16.7. The minimum Gasteiger partial charge on any atom is -0.206 e. The van der Waals surface area contributed by atoms with Crippen LogP contribution in [0.1, 0.15) is 50.5 Å². The van der Waals surface area contributed by atoms with E-state index in [1.165, 1.54) is 31.7 Å². The van der Waals surface area contributed by atoms with Gasteiger partial charge in [-0.2, -0.15) is 0 Å². The van der Waals surface area contributed by atoms with Crippen LogP contribution in [0, 0.1) is 35.2 Å². The van der Waals surface area contributed by atoms with E-state index in [1.807, 2.05) is 24.3 Å². The van der Waals surface area contributed by atoms with Gasteiger partial charge in [0.1, 0.15) is 5.82 Å². The zero-order chi connectivity index (χ0) is 24.4. The van der Waals surface area contributed by atoms with Gasteiger partial charge < -0.3 is 0 Å². The minimum absolute atomic E-state index is 0.209. The van der Waals surface area contributed by atoms with Gasteiger partial charge >= 0.3 is 0 Å². The quantitative estimate of drug-likeness (QED) is 0.324. The Hall–Kier alpha value is -3.07. The largest absolute Gasteiger partial charge is 0.206 e. The molecule has 0 radical (unpaired) electrons. The molecule has 2 aliphatic carbocycles. The van der Waals surface area contributed by atoms with Crippen molar-refractivity contribution in [2.75, 3.05) is 0 Å². The highest BCUT2D eigenvalue weighted by molar-refractivity contribution is 5.74. The summed E-state index contributed by atoms with van der Waals surface area (Å²) in [4.78, 5) is 0. The van der Waals surface area contributed by atoms with Crippen molar-refractivity contribution in [2.45, 2.75) is 44.9 Å². The van der Waals surface area contributed by atoms with E-state index in [-0.39, 0.29) is 11.4 Å². The van der Waals surface area contributed by atoms with Crippen molar-refractivity contribution in [3.05, 3.63) is 102 Å². The van der Waals surface area contributed by atoms with Crippen LogP contribution in [0.15, 0.2) is 79.4 Å². The van der Waals surface area contributed by atoms with Gasteiger partial charge in [0.2, 0.25) is 0 Å². The van der Waals surface area contributed by atoms with Crippen molar-refractivity contribution < 1.29 is 13.2 Å². The van der Waals surface area contributed by atoms with Crippen molar-refractivity contribution in [1.29, 1.82) is 0 Å². The van der Waals surface area contributed by atoms with Crippen LogP contribution in [0.3, 0.4) is 0 Å². The molecule has 1 unspecified atom stereocenters. The van der Waals surface area contributed by atoms with Crippen LogP contribution >= 0.6 is 0 Å². The Balaban J connectivity index is 1.28. The fraction of sp³-hybridized carbons (Fsp3) is 0.312. The Bertz CT molecular complexity index is 1230. The van der Waals surface area contributed by atoms with Crippen LogP contribution < -0.4 is 0 Å². The number of hydrogen-bond donors (Lipinski definition) is 0. The van der Waals surface area contributed by atoms with Gasteiger partial charge in [0.15, 0.2) is 11.6 Å². The topological polar surface area (TPSA) is 0 Å². The first kappa shape index (κ1) is 23.7. The molecule has 3 heteroatoms. The molecule has 35 heavy (non-hydrogen) atoms. The van der Waals surface area contributed by atoms with Crippen LogP contribution in [-0.2, 0) is 0 Å². The zero-order valence-electron chi connectivity index (χ0n) is 20.0. The average Bonchev–Trinajstić information content (AvgIpc) is 2.90. The highest BCUT2D eigenvalue weighted by atomic mass is 19.2. The molecule has 0 saturated heterocycles. The Kier molecular flexibility index (Phi) is 6.95. The number of rotatable bonds is 5. The fourth-order valence-electron chi connectivity index (χ4n) is 5.90. The molecule has 5 rings (SSSR count). The van der Waals surface area contributed by atoms with Crippen molar-refractivity contribution >= 4 is 5.57 Å². The number of hydrogen-bond acceptors (Lipinski definition) is 0. The molecule has 2 aliphatic rings. The molecule has 1 saturated carbocycles. The summed E-state index contributed by atoms with van der Waals surface area (Å²) >= 11 is 0. The van der Waals surface area contributed by atoms with Crippen LogP contribution in [0.2, 0.25) is 0 Å². The third kappa shape index (κ3) is 5.00. The predicted molar refractivity (Wildman–Crippen MR) is 138 cm³/mol. The molecule has 1 fully saturated rings. The van der Waals surface area contributed by atoms with Crippen molar-refractivity contribution in [3.8, 4) is 22.3 Å². The van der Waals surface area contributed by atoms with Crippen molar-refractivity contribution in [2.24, 2.45) is 17.8 Å². The standard InChI is InChI=1S/C32H31F3/c1-2-21-6-8-22(9-7-21)23-10-14-25(15-11-23)28-19-18-27(20-31(28)34)24-12-16-26(17-13-24)29-4-3-5-30(33)32(29)35/h2-5,12-14,16-23H,1,6-11,15H2. The second kappa shape index (κ2) is 10.3. The van der Waals surface area contributed by atoms with Gasteiger partial charge in [-0.15, -0.1) is 6.58 Å². The summed E-state index contributed by atoms with van der Waals surface area (Å²) in [6.07, 6.45) is 12.6. The predicted octanol–water partition coefficient (Wildman–Crippen LogP) is 9.61. The van der Waals surface area contributed by atoms with E-state index in [2.05, 4.69) is 18.7 Å². The van der Waals surface area contributed by atoms with Gasteiger partial charge in [-0.05, 0) is 97.1 Å². The van der Waals surface area contributed by atoms with Crippen LogP contribution in [0.25, 0.3) is 27.8 Å². The lowest BCUT2D eigenvalue weighted by Crippen LogP contribution is -2.22. The molecule has 3 aromatic rings. The van der Waals surface area contributed by atoms with E-state index in [9.17, 15) is 8.78 Å². The molecule has 0 aliphatic heterocycles. The normalized spacial score (nSPS) is 22.5. The highest BCUT2D eigenvalue weighted by Gasteiger charge is 2.28. The third-order valence-corrected chi connectivity index (χ3v) is 8.06. The van der Waals surface area contributed by atoms with E-state index in [0.717, 1.165) is 47.9 Å². The van der Waals surface area contributed by atoms with Gasteiger partial charge in [-0.3, -0.25) is 0 Å². The maximum absolute atomic E-state index is 15.2. The minimum atomic E-state index is -0.868. The number of benzene rings is 3. The van der Waals surface area contributed by atoms with Crippen LogP contribution in [-0.4, -0.2) is 0 Å². The van der Waals surface area contributed by atoms with E-state index in [4.69, 9.17) is 0 Å². The molecular weight excluding hydrogens is 441 g/mol. The van der Waals surface area contributed by atoms with Crippen molar-refractivity contribution in [3.63, 3.8) is 0 Å². The first-order chi connectivity index (χ1) is 17.0. The van der Waals surface area contributed by atoms with Gasteiger partial charge in [-0.25, -0.2) is 13.2 Å². The average molecular weight is 473 g/mol. The summed E-state index contributed by atoms with van der Waals surface area (Å²) in [7, 11) is 0. The summed E-state index contributed by atoms with van der Waals surface area (Å²) < 4.78 is 42.8. The smallest absolute Gasteiger partial charge is 0.166 e. The van der Waals surface area contributed by atoms with Crippen LogP contribution in [0.5, 0.6) is 0 Å². The lowest BCUT2D eigenvalue weighted by molar-refractivity contribution is 0.212. The summed E-state index contributed by atoms with van der Waals surface area (Å²) in [5, 5.41) is 0. The third-order valence-electron chi connectivity index (χ3n) is 8.06. The van der Waals surface area contributed by atoms with E-state index in [0.29, 0.717) is 23.0 Å². The highest BCUT2D eigenvalue weighted by Crippen LogP contribution is 2.42. The molecular formula is C32H31F3. The molecule has 180 valence electrons. The number of allylic oxidation sites excluding steroid dienone is 3. The molecule has 0 N–H and O–H groups in total. The molecule has 0 amide bonds. The first-order valence-electron chi connectivity index (χ1n) is 12.7. The second-order valence-corrected chi connectivity index (χ2v) is 10.0. The van der Waals surface area contributed by atoms with E-state index in [1.54, 1.807) is 24.3 Å². The Labute approximate surface area is 206 Å². The molecule has 0 spiro atoms. The van der Waals surface area contributed by atoms with Gasteiger partial charge in [-0.1, -0.05) is 60.7 Å². The lowest BCUT2D eigenvalue weighted by Gasteiger charge is -2.34. The zero-order valence-corrected chi connectivity index (χ0v) is 20.0. The monoisotopic (exact) mass is 472 g/mol. The SMILES string of the molecule is C=CC1CCC(C2CC=C(c3ccc(-c4ccc(-c5cccc(F)c5F)cc4)cc3F)CC2)CC1. The summed E-state index contributed by atoms with van der Waals surface area (Å²) in [5.41, 5.74) is 4.22. The molecule has 3 aromatic carbocycles. The van der Waals surface area contributed by atoms with Gasteiger partial charge in [0.25, 0.3) is 0 Å². The Morgan fingerprint density at radius 2 is 1.40 bits per heavy atom. The molecule has 0 aromatic heterocycles. The van der Waals surface area contributed by atoms with Gasteiger partial charge in [0.05, 0.1) is 0 Å². The Morgan fingerprint density at radius 1 is 0.686 bits per heavy atom.